The molecule has 3 atom stereocenters. The molecule has 1 aromatic rings. The monoisotopic (exact) mass is 308 g/mol. The molecule has 3 unspecified atom stereocenters. The van der Waals surface area contributed by atoms with Crippen LogP contribution in [0.4, 0.5) is 0 Å². The molecule has 0 saturated carbocycles. The molecule has 0 radical (unpaired) electrons. The summed E-state index contributed by atoms with van der Waals surface area (Å²) >= 11 is 1.65. The summed E-state index contributed by atoms with van der Waals surface area (Å²) < 4.78 is 5.15. The van der Waals surface area contributed by atoms with Gasteiger partial charge in [0.15, 0.2) is 0 Å². The SMILES string of the molecule is CCOC(=O)C1CCCC2c3ccsc3CC(N)C(=O)N12. The zero-order valence-electron chi connectivity index (χ0n) is 12.1. The van der Waals surface area contributed by atoms with Crippen molar-refractivity contribution >= 4 is 23.2 Å². The maximum absolute atomic E-state index is 12.7. The molecule has 2 N–H and O–H groups in total. The molecule has 114 valence electrons. The molecule has 0 spiro atoms. The minimum atomic E-state index is -0.567. The zero-order chi connectivity index (χ0) is 15.0. The number of ether oxygens (including phenoxy) is 1. The summed E-state index contributed by atoms with van der Waals surface area (Å²) in [5, 5.41) is 2.04. The van der Waals surface area contributed by atoms with E-state index in [1.54, 1.807) is 23.2 Å². The smallest absolute Gasteiger partial charge is 0.328 e. The van der Waals surface area contributed by atoms with Gasteiger partial charge in [-0.3, -0.25) is 4.79 Å². The summed E-state index contributed by atoms with van der Waals surface area (Å²) in [7, 11) is 0. The Morgan fingerprint density at radius 2 is 2.33 bits per heavy atom. The summed E-state index contributed by atoms with van der Waals surface area (Å²) in [4.78, 5) is 27.7. The van der Waals surface area contributed by atoms with E-state index in [-0.39, 0.29) is 17.9 Å². The van der Waals surface area contributed by atoms with Crippen molar-refractivity contribution in [2.75, 3.05) is 6.61 Å². The third kappa shape index (κ3) is 2.46. The molecule has 1 amide bonds. The van der Waals surface area contributed by atoms with E-state index in [2.05, 4.69) is 6.07 Å². The lowest BCUT2D eigenvalue weighted by Crippen LogP contribution is -2.54. The Morgan fingerprint density at radius 3 is 3.10 bits per heavy atom. The lowest BCUT2D eigenvalue weighted by Gasteiger charge is -2.40. The van der Waals surface area contributed by atoms with E-state index in [0.29, 0.717) is 19.4 Å². The minimum absolute atomic E-state index is 0.0320. The van der Waals surface area contributed by atoms with Gasteiger partial charge in [0.25, 0.3) is 0 Å². The molecule has 0 aromatic carbocycles. The number of thiophene rings is 1. The number of carbonyl (C=O) groups is 2. The number of esters is 1. The first-order chi connectivity index (χ1) is 10.1. The average molecular weight is 308 g/mol. The summed E-state index contributed by atoms with van der Waals surface area (Å²) in [6, 6.07) is 0.974. The van der Waals surface area contributed by atoms with Crippen LogP contribution in [0, 0.1) is 0 Å². The van der Waals surface area contributed by atoms with Crippen LogP contribution in [-0.2, 0) is 20.7 Å². The van der Waals surface area contributed by atoms with E-state index in [4.69, 9.17) is 10.5 Å². The summed E-state index contributed by atoms with van der Waals surface area (Å²) in [5.41, 5.74) is 7.22. The van der Waals surface area contributed by atoms with Crippen LogP contribution in [0.15, 0.2) is 11.4 Å². The predicted octanol–water partition coefficient (Wildman–Crippen LogP) is 1.62. The topological polar surface area (TPSA) is 72.6 Å². The van der Waals surface area contributed by atoms with E-state index in [0.717, 1.165) is 18.4 Å². The summed E-state index contributed by atoms with van der Waals surface area (Å²) in [6.07, 6.45) is 3.03. The first-order valence-corrected chi connectivity index (χ1v) is 8.32. The fraction of sp³-hybridized carbons (Fsp3) is 0.600. The van der Waals surface area contributed by atoms with Crippen LogP contribution >= 0.6 is 11.3 Å². The number of hydrogen-bond acceptors (Lipinski definition) is 5. The largest absolute Gasteiger partial charge is 0.464 e. The number of nitrogens with two attached hydrogens (primary N) is 1. The highest BCUT2D eigenvalue weighted by atomic mass is 32.1. The molecule has 21 heavy (non-hydrogen) atoms. The summed E-state index contributed by atoms with van der Waals surface area (Å²) in [5.74, 6) is -0.428. The lowest BCUT2D eigenvalue weighted by molar-refractivity contribution is -0.159. The van der Waals surface area contributed by atoms with Crippen molar-refractivity contribution in [2.45, 2.75) is 50.7 Å². The highest BCUT2D eigenvalue weighted by Gasteiger charge is 2.44. The second-order valence-corrected chi connectivity index (χ2v) is 6.57. The first-order valence-electron chi connectivity index (χ1n) is 7.44. The van der Waals surface area contributed by atoms with Gasteiger partial charge in [0.05, 0.1) is 18.7 Å². The van der Waals surface area contributed by atoms with Crippen molar-refractivity contribution < 1.29 is 14.3 Å². The van der Waals surface area contributed by atoms with Crippen molar-refractivity contribution in [1.29, 1.82) is 0 Å². The molecule has 0 bridgehead atoms. The maximum Gasteiger partial charge on any atom is 0.328 e. The quantitative estimate of drug-likeness (QED) is 0.843. The molecule has 6 heteroatoms. The van der Waals surface area contributed by atoms with Crippen LogP contribution in [0.5, 0.6) is 0 Å². The molecule has 3 heterocycles. The van der Waals surface area contributed by atoms with Crippen molar-refractivity contribution in [3.63, 3.8) is 0 Å². The van der Waals surface area contributed by atoms with Gasteiger partial charge in [-0.05, 0) is 43.2 Å². The Balaban J connectivity index is 1.99. The van der Waals surface area contributed by atoms with Crippen LogP contribution in [0.25, 0.3) is 0 Å². The van der Waals surface area contributed by atoms with Crippen molar-refractivity contribution in [3.05, 3.63) is 21.9 Å². The van der Waals surface area contributed by atoms with Gasteiger partial charge < -0.3 is 15.4 Å². The molecule has 1 fully saturated rings. The lowest BCUT2D eigenvalue weighted by atomic mass is 9.91. The Morgan fingerprint density at radius 1 is 1.52 bits per heavy atom. The van der Waals surface area contributed by atoms with Crippen molar-refractivity contribution in [2.24, 2.45) is 5.73 Å². The normalized spacial score (nSPS) is 28.6. The fourth-order valence-corrected chi connectivity index (χ4v) is 4.37. The van der Waals surface area contributed by atoms with E-state index < -0.39 is 12.1 Å². The Labute approximate surface area is 128 Å². The Hall–Kier alpha value is -1.40. The molecular formula is C15H20N2O3S. The van der Waals surface area contributed by atoms with Crippen LogP contribution in [-0.4, -0.2) is 35.5 Å². The van der Waals surface area contributed by atoms with Crippen LogP contribution in [0.2, 0.25) is 0 Å². The average Bonchev–Trinajstić information content (AvgIpc) is 2.90. The third-order valence-corrected chi connectivity index (χ3v) is 5.26. The van der Waals surface area contributed by atoms with Crippen LogP contribution in [0.3, 0.4) is 0 Å². The van der Waals surface area contributed by atoms with Crippen LogP contribution < -0.4 is 5.73 Å². The third-order valence-electron chi connectivity index (χ3n) is 4.30. The standard InChI is InChI=1S/C15H20N2O3S/c1-2-20-15(19)12-5-3-4-11-9-6-7-21-13(9)8-10(16)14(18)17(11)12/h6-7,10-12H,2-5,8,16H2,1H3. The Kier molecular flexibility index (Phi) is 3.99. The number of carbonyl (C=O) groups excluding carboxylic acids is 2. The van der Waals surface area contributed by atoms with E-state index >= 15 is 0 Å². The van der Waals surface area contributed by atoms with Gasteiger partial charge in [0.2, 0.25) is 5.91 Å². The number of amides is 1. The van der Waals surface area contributed by atoms with Gasteiger partial charge in [-0.15, -0.1) is 11.3 Å². The van der Waals surface area contributed by atoms with Crippen molar-refractivity contribution in [3.8, 4) is 0 Å². The highest BCUT2D eigenvalue weighted by Crippen LogP contribution is 2.40. The van der Waals surface area contributed by atoms with Crippen molar-refractivity contribution in [1.82, 2.24) is 4.90 Å². The molecule has 2 aliphatic heterocycles. The van der Waals surface area contributed by atoms with Gasteiger partial charge in [0.1, 0.15) is 6.04 Å². The number of hydrogen-bond donors (Lipinski definition) is 1. The molecule has 1 aromatic heterocycles. The first kappa shape index (κ1) is 14.5. The second-order valence-electron chi connectivity index (χ2n) is 5.57. The number of nitrogens with zero attached hydrogens (tertiary/aromatic N) is 1. The van der Waals surface area contributed by atoms with Gasteiger partial charge in [-0.25, -0.2) is 4.79 Å². The zero-order valence-corrected chi connectivity index (χ0v) is 12.9. The highest BCUT2D eigenvalue weighted by molar-refractivity contribution is 7.10. The summed E-state index contributed by atoms with van der Waals surface area (Å²) in [6.45, 7) is 2.11. The van der Waals surface area contributed by atoms with Gasteiger partial charge in [-0.2, -0.15) is 0 Å². The number of rotatable bonds is 2. The molecule has 1 saturated heterocycles. The minimum Gasteiger partial charge on any atom is -0.464 e. The van der Waals surface area contributed by atoms with E-state index in [1.807, 2.05) is 5.38 Å². The van der Waals surface area contributed by atoms with Gasteiger partial charge in [0, 0.05) is 11.3 Å². The molecule has 0 aliphatic carbocycles. The van der Waals surface area contributed by atoms with E-state index in [1.165, 1.54) is 4.88 Å². The van der Waals surface area contributed by atoms with Crippen LogP contribution in [0.1, 0.15) is 42.7 Å². The van der Waals surface area contributed by atoms with E-state index in [9.17, 15) is 9.59 Å². The predicted molar refractivity (Wildman–Crippen MR) is 79.9 cm³/mol. The Bertz CT molecular complexity index is 557. The number of fused-ring (bicyclic) bond motifs is 3. The molecule has 3 rings (SSSR count). The molecular weight excluding hydrogens is 288 g/mol. The second kappa shape index (κ2) is 5.77. The van der Waals surface area contributed by atoms with Gasteiger partial charge in [-0.1, -0.05) is 0 Å². The van der Waals surface area contributed by atoms with Gasteiger partial charge >= 0.3 is 5.97 Å². The molecule has 2 aliphatic rings. The molecule has 5 nitrogen and oxygen atoms in total. The maximum atomic E-state index is 12.7. The fourth-order valence-electron chi connectivity index (χ4n) is 3.37. The number of piperidine rings is 1.